The molecule has 2 aliphatic rings. The van der Waals surface area contributed by atoms with Gasteiger partial charge >= 0.3 is 6.03 Å². The quantitative estimate of drug-likeness (QED) is 0.798. The summed E-state index contributed by atoms with van der Waals surface area (Å²) in [5.74, 6) is 0.406. The highest BCUT2D eigenvalue weighted by Gasteiger charge is 2.39. The van der Waals surface area contributed by atoms with Crippen LogP contribution in [0, 0.1) is 12.8 Å². The van der Waals surface area contributed by atoms with Crippen molar-refractivity contribution in [3.8, 4) is 0 Å². The Bertz CT molecular complexity index is 554. The lowest BCUT2D eigenvalue weighted by Crippen LogP contribution is -2.34. The number of rotatable bonds is 3. The first-order chi connectivity index (χ1) is 9.06. The van der Waals surface area contributed by atoms with E-state index in [4.69, 9.17) is 11.6 Å². The predicted molar refractivity (Wildman–Crippen MR) is 73.4 cm³/mol. The van der Waals surface area contributed by atoms with E-state index in [1.807, 2.05) is 13.0 Å². The van der Waals surface area contributed by atoms with Crippen molar-refractivity contribution in [2.75, 3.05) is 18.0 Å². The van der Waals surface area contributed by atoms with Crippen molar-refractivity contribution in [1.29, 1.82) is 0 Å². The predicted octanol–water partition coefficient (Wildman–Crippen LogP) is 2.83. The zero-order chi connectivity index (χ0) is 13.6. The molecule has 1 aromatic carbocycles. The van der Waals surface area contributed by atoms with Crippen molar-refractivity contribution in [3.63, 3.8) is 0 Å². The number of halogens is 1. The minimum atomic E-state index is -0.225. The molecule has 19 heavy (non-hydrogen) atoms. The molecule has 1 heterocycles. The number of urea groups is 1. The molecule has 5 heteroatoms. The fourth-order valence-corrected chi connectivity index (χ4v) is 2.45. The number of carbonyl (C=O) groups excluding carboxylic acids is 2. The van der Waals surface area contributed by atoms with Crippen LogP contribution in [0.3, 0.4) is 0 Å². The largest absolute Gasteiger partial charge is 0.331 e. The lowest BCUT2D eigenvalue weighted by Gasteiger charge is -2.17. The Morgan fingerprint density at radius 1 is 1.32 bits per heavy atom. The van der Waals surface area contributed by atoms with Gasteiger partial charge in [0.2, 0.25) is 0 Å². The summed E-state index contributed by atoms with van der Waals surface area (Å²) < 4.78 is 0. The van der Waals surface area contributed by atoms with Crippen molar-refractivity contribution in [2.24, 2.45) is 5.92 Å². The van der Waals surface area contributed by atoms with Gasteiger partial charge in [0.15, 0.2) is 0 Å². The second-order valence-corrected chi connectivity index (χ2v) is 5.68. The molecule has 0 atom stereocenters. The Morgan fingerprint density at radius 3 is 2.68 bits per heavy atom. The number of nitrogens with zero attached hydrogens (tertiary/aromatic N) is 2. The lowest BCUT2D eigenvalue weighted by molar-refractivity contribution is -0.116. The zero-order valence-electron chi connectivity index (χ0n) is 10.7. The molecule has 1 aromatic rings. The molecule has 0 unspecified atom stereocenters. The number of carbonyl (C=O) groups is 2. The molecule has 1 saturated heterocycles. The molecule has 4 nitrogen and oxygen atoms in total. The van der Waals surface area contributed by atoms with Gasteiger partial charge < -0.3 is 4.90 Å². The molecule has 0 radical (unpaired) electrons. The maximum Gasteiger partial charge on any atom is 0.331 e. The number of hydrogen-bond donors (Lipinski definition) is 0. The smallest absolute Gasteiger partial charge is 0.314 e. The maximum absolute atomic E-state index is 12.3. The summed E-state index contributed by atoms with van der Waals surface area (Å²) in [5.41, 5.74) is 1.49. The van der Waals surface area contributed by atoms with E-state index in [1.165, 1.54) is 4.90 Å². The number of benzene rings is 1. The van der Waals surface area contributed by atoms with Crippen molar-refractivity contribution in [3.05, 3.63) is 28.8 Å². The molecule has 0 N–H and O–H groups in total. The van der Waals surface area contributed by atoms with Crippen LogP contribution in [0.25, 0.3) is 0 Å². The number of aryl methyl sites for hydroxylation is 1. The van der Waals surface area contributed by atoms with E-state index in [1.54, 1.807) is 17.0 Å². The van der Waals surface area contributed by atoms with Crippen molar-refractivity contribution >= 4 is 29.2 Å². The number of imide groups is 1. The molecule has 0 aromatic heterocycles. The van der Waals surface area contributed by atoms with Crippen LogP contribution in [0.2, 0.25) is 5.02 Å². The molecular formula is C14H15ClN2O2. The summed E-state index contributed by atoms with van der Waals surface area (Å²) >= 11 is 6.06. The molecular weight excluding hydrogens is 264 g/mol. The van der Waals surface area contributed by atoms with Crippen LogP contribution in [0.1, 0.15) is 18.4 Å². The Kier molecular flexibility index (Phi) is 2.97. The third-order valence-electron chi connectivity index (χ3n) is 3.63. The second kappa shape index (κ2) is 4.53. The molecule has 0 spiro atoms. The molecule has 1 saturated carbocycles. The first-order valence-corrected chi connectivity index (χ1v) is 6.82. The SMILES string of the molecule is Cc1ccc(N2C(=O)CN(CC3CC3)C2=O)cc1Cl. The number of hydrogen-bond acceptors (Lipinski definition) is 2. The van der Waals surface area contributed by atoms with Gasteiger partial charge in [-0.25, -0.2) is 9.69 Å². The zero-order valence-corrected chi connectivity index (χ0v) is 11.5. The van der Waals surface area contributed by atoms with Gasteiger partial charge in [0.05, 0.1) is 5.69 Å². The molecule has 3 rings (SSSR count). The van der Waals surface area contributed by atoms with E-state index < -0.39 is 0 Å². The Balaban J connectivity index is 1.84. The average molecular weight is 279 g/mol. The van der Waals surface area contributed by atoms with Gasteiger partial charge in [-0.05, 0) is 43.4 Å². The summed E-state index contributed by atoms with van der Waals surface area (Å²) in [4.78, 5) is 27.1. The number of anilines is 1. The van der Waals surface area contributed by atoms with Crippen LogP contribution in [-0.4, -0.2) is 29.9 Å². The molecule has 2 fully saturated rings. The number of amides is 3. The molecule has 1 aliphatic heterocycles. The normalized spacial score (nSPS) is 19.5. The fourth-order valence-electron chi connectivity index (χ4n) is 2.28. The highest BCUT2D eigenvalue weighted by atomic mass is 35.5. The van der Waals surface area contributed by atoms with Crippen LogP contribution in [-0.2, 0) is 4.79 Å². The Hall–Kier alpha value is -1.55. The van der Waals surface area contributed by atoms with E-state index in [2.05, 4.69) is 0 Å². The summed E-state index contributed by atoms with van der Waals surface area (Å²) in [6.07, 6.45) is 2.32. The van der Waals surface area contributed by atoms with Gasteiger partial charge in [0.1, 0.15) is 6.54 Å². The van der Waals surface area contributed by atoms with Crippen LogP contribution in [0.4, 0.5) is 10.5 Å². The van der Waals surface area contributed by atoms with Gasteiger partial charge in [0, 0.05) is 11.6 Å². The third kappa shape index (κ3) is 2.32. The summed E-state index contributed by atoms with van der Waals surface area (Å²) in [6.45, 7) is 2.76. The van der Waals surface area contributed by atoms with E-state index in [-0.39, 0.29) is 18.5 Å². The minimum absolute atomic E-state index is 0.175. The van der Waals surface area contributed by atoms with Crippen molar-refractivity contribution in [1.82, 2.24) is 4.90 Å². The van der Waals surface area contributed by atoms with Crippen LogP contribution < -0.4 is 4.90 Å². The first-order valence-electron chi connectivity index (χ1n) is 6.44. The Morgan fingerprint density at radius 2 is 2.05 bits per heavy atom. The van der Waals surface area contributed by atoms with E-state index in [9.17, 15) is 9.59 Å². The Labute approximate surface area is 116 Å². The topological polar surface area (TPSA) is 40.6 Å². The monoisotopic (exact) mass is 278 g/mol. The van der Waals surface area contributed by atoms with Crippen LogP contribution >= 0.6 is 11.6 Å². The van der Waals surface area contributed by atoms with E-state index >= 15 is 0 Å². The summed E-state index contributed by atoms with van der Waals surface area (Å²) in [7, 11) is 0. The fraction of sp³-hybridized carbons (Fsp3) is 0.429. The minimum Gasteiger partial charge on any atom is -0.314 e. The third-order valence-corrected chi connectivity index (χ3v) is 4.03. The average Bonchev–Trinajstić information content (AvgIpc) is 3.12. The molecule has 100 valence electrons. The van der Waals surface area contributed by atoms with Crippen LogP contribution in [0.5, 0.6) is 0 Å². The first kappa shape index (κ1) is 12.5. The summed E-state index contributed by atoms with van der Waals surface area (Å²) in [6, 6.07) is 5.03. The lowest BCUT2D eigenvalue weighted by atomic mass is 10.2. The van der Waals surface area contributed by atoms with Crippen molar-refractivity contribution < 1.29 is 9.59 Å². The van der Waals surface area contributed by atoms with Gasteiger partial charge in [-0.15, -0.1) is 0 Å². The standard InChI is InChI=1S/C14H15ClN2O2/c1-9-2-5-11(6-12(9)15)17-13(18)8-16(14(17)19)7-10-3-4-10/h2,5-6,10H,3-4,7-8H2,1H3. The summed E-state index contributed by atoms with van der Waals surface area (Å²) in [5, 5.41) is 0.568. The molecule has 3 amide bonds. The molecule has 1 aliphatic carbocycles. The van der Waals surface area contributed by atoms with E-state index in [0.717, 1.165) is 18.4 Å². The molecule has 0 bridgehead atoms. The highest BCUT2D eigenvalue weighted by molar-refractivity contribution is 6.32. The van der Waals surface area contributed by atoms with Gasteiger partial charge in [-0.1, -0.05) is 17.7 Å². The van der Waals surface area contributed by atoms with E-state index in [0.29, 0.717) is 23.2 Å². The van der Waals surface area contributed by atoms with Gasteiger partial charge in [-0.2, -0.15) is 0 Å². The maximum atomic E-state index is 12.3. The second-order valence-electron chi connectivity index (χ2n) is 5.27. The van der Waals surface area contributed by atoms with Gasteiger partial charge in [0.25, 0.3) is 5.91 Å². The highest BCUT2D eigenvalue weighted by Crippen LogP contribution is 2.32. The van der Waals surface area contributed by atoms with Crippen LogP contribution in [0.15, 0.2) is 18.2 Å². The van der Waals surface area contributed by atoms with Crippen molar-refractivity contribution in [2.45, 2.75) is 19.8 Å². The van der Waals surface area contributed by atoms with Gasteiger partial charge in [-0.3, -0.25) is 4.79 Å².